The molecule has 0 unspecified atom stereocenters. The van der Waals surface area contributed by atoms with Crippen LogP contribution in [-0.2, 0) is 14.2 Å². The Hall–Kier alpha value is -0.160. The molecule has 0 spiro atoms. The van der Waals surface area contributed by atoms with Crippen LogP contribution in [0.2, 0.25) is 0 Å². The van der Waals surface area contributed by atoms with Gasteiger partial charge < -0.3 is 19.3 Å². The highest BCUT2D eigenvalue weighted by atomic mass is 16.7. The van der Waals surface area contributed by atoms with E-state index in [0.717, 1.165) is 25.7 Å². The summed E-state index contributed by atoms with van der Waals surface area (Å²) >= 11 is 0. The highest BCUT2D eigenvalue weighted by Crippen LogP contribution is 2.65. The topological polar surface area (TPSA) is 47.9 Å². The lowest BCUT2D eigenvalue weighted by atomic mass is 9.43. The van der Waals surface area contributed by atoms with E-state index < -0.39 is 0 Å². The van der Waals surface area contributed by atoms with Crippen LogP contribution in [0.1, 0.15) is 79.6 Å². The van der Waals surface area contributed by atoms with Gasteiger partial charge in [-0.1, -0.05) is 27.2 Å². The van der Waals surface area contributed by atoms with Crippen LogP contribution in [0.15, 0.2) is 0 Å². The van der Waals surface area contributed by atoms with Crippen LogP contribution < -0.4 is 0 Å². The molecule has 1 aliphatic heterocycles. The van der Waals surface area contributed by atoms with Crippen molar-refractivity contribution < 1.29 is 19.3 Å². The molecule has 1 heterocycles. The minimum atomic E-state index is -0.292. The Balaban J connectivity index is 1.88. The third-order valence-corrected chi connectivity index (χ3v) is 8.19. The Morgan fingerprint density at radius 3 is 2.31 bits per heavy atom. The second-order valence-electron chi connectivity index (χ2n) is 10.7. The SMILES string of the molecule is COC(C[C@]1(C)CC[C@@H]2[C@]3(C)CCCC(C)(C)[C@H]3[C@H](O)C[C@]2(C)O1)OC. The first-order valence-electron chi connectivity index (χ1n) is 10.4. The van der Waals surface area contributed by atoms with Crippen LogP contribution in [0.5, 0.6) is 0 Å². The molecule has 3 rings (SSSR count). The van der Waals surface area contributed by atoms with Crippen molar-refractivity contribution in [2.24, 2.45) is 22.7 Å². The second kappa shape index (κ2) is 6.72. The van der Waals surface area contributed by atoms with E-state index in [2.05, 4.69) is 34.6 Å². The van der Waals surface area contributed by atoms with Crippen molar-refractivity contribution >= 4 is 0 Å². The van der Waals surface area contributed by atoms with Crippen LogP contribution in [0, 0.1) is 22.7 Å². The molecule has 6 atom stereocenters. The summed E-state index contributed by atoms with van der Waals surface area (Å²) in [5, 5.41) is 11.2. The Morgan fingerprint density at radius 1 is 1.04 bits per heavy atom. The van der Waals surface area contributed by atoms with Gasteiger partial charge in [-0.25, -0.2) is 0 Å². The van der Waals surface area contributed by atoms with E-state index >= 15 is 0 Å². The Bertz CT molecular complexity index is 516. The summed E-state index contributed by atoms with van der Waals surface area (Å²) in [6, 6.07) is 0. The maximum Gasteiger partial charge on any atom is 0.159 e. The highest BCUT2D eigenvalue weighted by Gasteiger charge is 2.64. The first-order valence-corrected chi connectivity index (χ1v) is 10.4. The summed E-state index contributed by atoms with van der Waals surface area (Å²) in [5.74, 6) is 0.861. The minimum Gasteiger partial charge on any atom is -0.393 e. The lowest BCUT2D eigenvalue weighted by Crippen LogP contribution is -2.67. The molecular formula is C22H40O4. The Kier molecular flexibility index (Phi) is 5.32. The molecule has 3 aliphatic rings. The van der Waals surface area contributed by atoms with E-state index in [1.54, 1.807) is 14.2 Å². The van der Waals surface area contributed by atoms with E-state index in [-0.39, 0.29) is 34.4 Å². The van der Waals surface area contributed by atoms with E-state index in [0.29, 0.717) is 11.8 Å². The molecular weight excluding hydrogens is 328 g/mol. The number of hydrogen-bond donors (Lipinski definition) is 1. The predicted molar refractivity (Wildman–Crippen MR) is 103 cm³/mol. The predicted octanol–water partition coefficient (Wildman–Crippen LogP) is 4.54. The van der Waals surface area contributed by atoms with Crippen molar-refractivity contribution in [3.8, 4) is 0 Å². The van der Waals surface area contributed by atoms with Crippen LogP contribution in [0.3, 0.4) is 0 Å². The summed E-state index contributed by atoms with van der Waals surface area (Å²) in [4.78, 5) is 0. The van der Waals surface area contributed by atoms with Crippen LogP contribution in [0.25, 0.3) is 0 Å². The number of fused-ring (bicyclic) bond motifs is 3. The van der Waals surface area contributed by atoms with E-state index in [4.69, 9.17) is 14.2 Å². The third kappa shape index (κ3) is 3.25. The van der Waals surface area contributed by atoms with E-state index in [1.165, 1.54) is 19.3 Å². The van der Waals surface area contributed by atoms with Crippen molar-refractivity contribution in [3.63, 3.8) is 0 Å². The van der Waals surface area contributed by atoms with E-state index in [1.807, 2.05) is 0 Å². The Morgan fingerprint density at radius 2 is 1.69 bits per heavy atom. The number of aliphatic hydroxyl groups excluding tert-OH is 1. The smallest absolute Gasteiger partial charge is 0.159 e. The second-order valence-corrected chi connectivity index (χ2v) is 10.7. The lowest BCUT2D eigenvalue weighted by molar-refractivity contribution is -0.297. The standard InChI is InChI=1S/C22H40O4/c1-19(2)10-8-11-21(4)16-9-12-20(3,14-17(24-6)25-7)26-22(16,5)13-15(23)18(19)21/h15-18,23H,8-14H2,1-7H3/t15-,16-,18-,20+,21+,22+/m1/s1. The van der Waals surface area contributed by atoms with Crippen molar-refractivity contribution in [1.29, 1.82) is 0 Å². The number of ether oxygens (including phenoxy) is 3. The Labute approximate surface area is 160 Å². The molecule has 4 nitrogen and oxygen atoms in total. The lowest BCUT2D eigenvalue weighted by Gasteiger charge is -2.66. The summed E-state index contributed by atoms with van der Waals surface area (Å²) in [6.07, 6.45) is 6.79. The van der Waals surface area contributed by atoms with Gasteiger partial charge in [0.15, 0.2) is 6.29 Å². The summed E-state index contributed by atoms with van der Waals surface area (Å²) < 4.78 is 17.7. The average molecular weight is 369 g/mol. The molecule has 2 aliphatic carbocycles. The maximum absolute atomic E-state index is 11.2. The fourth-order valence-corrected chi connectivity index (χ4v) is 7.42. The normalized spacial score (nSPS) is 48.1. The number of aliphatic hydroxyl groups is 1. The number of methoxy groups -OCH3 is 2. The first-order chi connectivity index (χ1) is 12.0. The number of hydrogen-bond acceptors (Lipinski definition) is 4. The van der Waals surface area contributed by atoms with Gasteiger partial charge in [0, 0.05) is 27.1 Å². The van der Waals surface area contributed by atoms with Gasteiger partial charge in [-0.15, -0.1) is 0 Å². The molecule has 0 aromatic heterocycles. The van der Waals surface area contributed by atoms with Gasteiger partial charge in [0.05, 0.1) is 17.3 Å². The van der Waals surface area contributed by atoms with Crippen molar-refractivity contribution in [2.75, 3.05) is 14.2 Å². The van der Waals surface area contributed by atoms with Gasteiger partial charge in [-0.05, 0) is 62.2 Å². The molecule has 152 valence electrons. The minimum absolute atomic E-state index is 0.150. The maximum atomic E-state index is 11.2. The van der Waals surface area contributed by atoms with Crippen molar-refractivity contribution in [2.45, 2.75) is 103 Å². The van der Waals surface area contributed by atoms with Crippen molar-refractivity contribution in [3.05, 3.63) is 0 Å². The molecule has 0 amide bonds. The first kappa shape index (κ1) is 20.6. The van der Waals surface area contributed by atoms with Gasteiger partial charge in [0.25, 0.3) is 0 Å². The summed E-state index contributed by atoms with van der Waals surface area (Å²) in [6.45, 7) is 11.6. The molecule has 1 saturated heterocycles. The highest BCUT2D eigenvalue weighted by molar-refractivity contribution is 5.13. The van der Waals surface area contributed by atoms with Crippen LogP contribution in [-0.4, -0.2) is 42.9 Å². The fourth-order valence-electron chi connectivity index (χ4n) is 7.42. The molecule has 0 radical (unpaired) electrons. The molecule has 2 saturated carbocycles. The zero-order chi connectivity index (χ0) is 19.4. The third-order valence-electron chi connectivity index (χ3n) is 8.19. The van der Waals surface area contributed by atoms with Crippen LogP contribution in [0.4, 0.5) is 0 Å². The van der Waals surface area contributed by atoms with Gasteiger partial charge >= 0.3 is 0 Å². The van der Waals surface area contributed by atoms with Crippen molar-refractivity contribution in [1.82, 2.24) is 0 Å². The fraction of sp³-hybridized carbons (Fsp3) is 1.00. The molecule has 4 heteroatoms. The largest absolute Gasteiger partial charge is 0.393 e. The summed E-state index contributed by atoms with van der Waals surface area (Å²) in [5.41, 5.74) is -0.199. The van der Waals surface area contributed by atoms with Gasteiger partial charge in [0.2, 0.25) is 0 Å². The average Bonchev–Trinajstić information content (AvgIpc) is 2.49. The van der Waals surface area contributed by atoms with Gasteiger partial charge in [-0.2, -0.15) is 0 Å². The quantitative estimate of drug-likeness (QED) is 0.740. The van der Waals surface area contributed by atoms with Crippen LogP contribution >= 0.6 is 0 Å². The number of rotatable bonds is 4. The molecule has 3 fully saturated rings. The zero-order valence-corrected chi connectivity index (χ0v) is 17.9. The monoisotopic (exact) mass is 368 g/mol. The molecule has 0 aromatic carbocycles. The molecule has 0 aromatic rings. The molecule has 0 bridgehead atoms. The zero-order valence-electron chi connectivity index (χ0n) is 17.9. The van der Waals surface area contributed by atoms with E-state index in [9.17, 15) is 5.11 Å². The summed E-state index contributed by atoms with van der Waals surface area (Å²) in [7, 11) is 3.37. The van der Waals surface area contributed by atoms with Gasteiger partial charge in [0.1, 0.15) is 0 Å². The molecule has 1 N–H and O–H groups in total. The molecule has 26 heavy (non-hydrogen) atoms. The van der Waals surface area contributed by atoms with Gasteiger partial charge in [-0.3, -0.25) is 0 Å².